The van der Waals surface area contributed by atoms with Gasteiger partial charge in [-0.05, 0) is 44.0 Å². The molecular weight excluding hydrogens is 252 g/mol. The summed E-state index contributed by atoms with van der Waals surface area (Å²) in [7, 11) is 0. The molecule has 0 fully saturated rings. The Kier molecular flexibility index (Phi) is 4.51. The minimum absolute atomic E-state index is 0.0764. The molecule has 0 saturated carbocycles. The van der Waals surface area contributed by atoms with Crippen LogP contribution in [-0.2, 0) is 0 Å². The topological polar surface area (TPSA) is 38.0 Å². The van der Waals surface area contributed by atoms with E-state index >= 15 is 0 Å². The minimum atomic E-state index is 0.0764. The van der Waals surface area contributed by atoms with Gasteiger partial charge in [-0.3, -0.25) is 5.84 Å². The van der Waals surface area contributed by atoms with Gasteiger partial charge < -0.3 is 0 Å². The van der Waals surface area contributed by atoms with E-state index in [-0.39, 0.29) is 6.04 Å². The van der Waals surface area contributed by atoms with Crippen LogP contribution in [0.5, 0.6) is 0 Å². The molecule has 0 aliphatic carbocycles. The van der Waals surface area contributed by atoms with Crippen LogP contribution in [0.2, 0.25) is 0 Å². The molecule has 1 aromatic carbocycles. The van der Waals surface area contributed by atoms with E-state index in [9.17, 15) is 0 Å². The number of aryl methyl sites for hydroxylation is 1. The lowest BCUT2D eigenvalue weighted by atomic mass is 10.0. The minimum Gasteiger partial charge on any atom is -0.271 e. The number of allylic oxidation sites excluding steroid dienone is 1. The molecule has 1 atom stereocenters. The number of benzene rings is 1. The Morgan fingerprint density at radius 1 is 1.47 bits per heavy atom. The lowest BCUT2D eigenvalue weighted by Gasteiger charge is -2.16. The van der Waals surface area contributed by atoms with Crippen LogP contribution in [0.4, 0.5) is 0 Å². The zero-order valence-electron chi connectivity index (χ0n) is 9.34. The third-order valence-corrected chi connectivity index (χ3v) is 2.75. The van der Waals surface area contributed by atoms with E-state index in [4.69, 9.17) is 5.84 Å². The summed E-state index contributed by atoms with van der Waals surface area (Å²) in [6.45, 7) is 6.22. The van der Waals surface area contributed by atoms with Crippen molar-refractivity contribution in [3.63, 3.8) is 0 Å². The van der Waals surface area contributed by atoms with E-state index < -0.39 is 0 Å². The molecule has 0 heterocycles. The molecule has 15 heavy (non-hydrogen) atoms. The maximum atomic E-state index is 5.56. The van der Waals surface area contributed by atoms with Crippen molar-refractivity contribution in [2.45, 2.75) is 26.8 Å². The first kappa shape index (κ1) is 12.4. The third kappa shape index (κ3) is 3.45. The lowest BCUT2D eigenvalue weighted by molar-refractivity contribution is 0.648. The van der Waals surface area contributed by atoms with Gasteiger partial charge in [-0.2, -0.15) is 0 Å². The van der Waals surface area contributed by atoms with E-state index in [1.54, 1.807) is 0 Å². The molecule has 1 aromatic rings. The second kappa shape index (κ2) is 5.45. The molecule has 0 amide bonds. The first-order chi connectivity index (χ1) is 7.04. The smallest absolute Gasteiger partial charge is 0.0646 e. The van der Waals surface area contributed by atoms with E-state index in [0.717, 1.165) is 4.47 Å². The van der Waals surface area contributed by atoms with Crippen molar-refractivity contribution in [1.82, 2.24) is 5.43 Å². The van der Waals surface area contributed by atoms with Crippen LogP contribution >= 0.6 is 15.9 Å². The Morgan fingerprint density at radius 2 is 2.13 bits per heavy atom. The monoisotopic (exact) mass is 268 g/mol. The summed E-state index contributed by atoms with van der Waals surface area (Å²) in [6.07, 6.45) is 2.12. The van der Waals surface area contributed by atoms with Gasteiger partial charge in [0.05, 0.1) is 6.04 Å². The van der Waals surface area contributed by atoms with Gasteiger partial charge in [0.2, 0.25) is 0 Å². The van der Waals surface area contributed by atoms with E-state index in [0.29, 0.717) is 0 Å². The highest BCUT2D eigenvalue weighted by Crippen LogP contribution is 2.23. The largest absolute Gasteiger partial charge is 0.271 e. The SMILES string of the molecule is CC(C)=CC(NN)c1cc(Br)ccc1C. The van der Waals surface area contributed by atoms with Crippen molar-refractivity contribution in [2.75, 3.05) is 0 Å². The maximum absolute atomic E-state index is 5.56. The van der Waals surface area contributed by atoms with Crippen LogP contribution in [-0.4, -0.2) is 0 Å². The van der Waals surface area contributed by atoms with Gasteiger partial charge in [0.15, 0.2) is 0 Å². The average molecular weight is 269 g/mol. The Labute approximate surface area is 99.7 Å². The number of hydrogen-bond acceptors (Lipinski definition) is 2. The number of halogens is 1. The number of nitrogens with two attached hydrogens (primary N) is 1. The zero-order valence-corrected chi connectivity index (χ0v) is 10.9. The van der Waals surface area contributed by atoms with Crippen molar-refractivity contribution >= 4 is 15.9 Å². The van der Waals surface area contributed by atoms with E-state index in [2.05, 4.69) is 60.3 Å². The predicted molar refractivity (Wildman–Crippen MR) is 68.4 cm³/mol. The van der Waals surface area contributed by atoms with Crippen molar-refractivity contribution in [3.8, 4) is 0 Å². The van der Waals surface area contributed by atoms with Crippen LogP contribution in [0.25, 0.3) is 0 Å². The molecule has 0 spiro atoms. The van der Waals surface area contributed by atoms with E-state index in [1.165, 1.54) is 16.7 Å². The molecule has 3 heteroatoms. The molecule has 0 radical (unpaired) electrons. The zero-order chi connectivity index (χ0) is 11.4. The Morgan fingerprint density at radius 3 is 2.67 bits per heavy atom. The predicted octanol–water partition coefficient (Wildman–Crippen LogP) is 3.23. The van der Waals surface area contributed by atoms with Crippen LogP contribution < -0.4 is 11.3 Å². The number of rotatable bonds is 3. The fourth-order valence-corrected chi connectivity index (χ4v) is 1.89. The third-order valence-electron chi connectivity index (χ3n) is 2.26. The molecule has 0 bridgehead atoms. The van der Waals surface area contributed by atoms with Crippen LogP contribution in [0.1, 0.15) is 31.0 Å². The summed E-state index contributed by atoms with van der Waals surface area (Å²) in [4.78, 5) is 0. The fraction of sp³-hybridized carbons (Fsp3) is 0.333. The standard InChI is InChI=1S/C12H17BrN2/c1-8(2)6-12(15-14)11-7-10(13)5-4-9(11)3/h4-7,12,15H,14H2,1-3H3. The van der Waals surface area contributed by atoms with Crippen molar-refractivity contribution in [2.24, 2.45) is 5.84 Å². The Hall–Kier alpha value is -0.640. The van der Waals surface area contributed by atoms with Gasteiger partial charge >= 0.3 is 0 Å². The average Bonchev–Trinajstić information content (AvgIpc) is 2.18. The van der Waals surface area contributed by atoms with Gasteiger partial charge in [0.25, 0.3) is 0 Å². The van der Waals surface area contributed by atoms with Crippen LogP contribution in [0.15, 0.2) is 34.3 Å². The van der Waals surface area contributed by atoms with Crippen LogP contribution in [0.3, 0.4) is 0 Å². The highest BCUT2D eigenvalue weighted by molar-refractivity contribution is 9.10. The van der Waals surface area contributed by atoms with Crippen molar-refractivity contribution in [3.05, 3.63) is 45.4 Å². The number of nitrogens with one attached hydrogen (secondary N) is 1. The summed E-state index contributed by atoms with van der Waals surface area (Å²) >= 11 is 3.47. The van der Waals surface area contributed by atoms with Crippen molar-refractivity contribution < 1.29 is 0 Å². The lowest BCUT2D eigenvalue weighted by Crippen LogP contribution is -2.27. The molecule has 1 rings (SSSR count). The molecular formula is C12H17BrN2. The summed E-state index contributed by atoms with van der Waals surface area (Å²) < 4.78 is 1.07. The van der Waals surface area contributed by atoms with Gasteiger partial charge in [-0.1, -0.05) is 33.6 Å². The maximum Gasteiger partial charge on any atom is 0.0646 e. The summed E-state index contributed by atoms with van der Waals surface area (Å²) in [5.41, 5.74) is 6.50. The normalized spacial score (nSPS) is 12.3. The molecule has 3 N–H and O–H groups in total. The second-order valence-electron chi connectivity index (χ2n) is 3.89. The molecule has 2 nitrogen and oxygen atoms in total. The summed E-state index contributed by atoms with van der Waals surface area (Å²) in [5, 5.41) is 0. The van der Waals surface area contributed by atoms with Gasteiger partial charge in [-0.25, -0.2) is 5.43 Å². The highest BCUT2D eigenvalue weighted by Gasteiger charge is 2.09. The first-order valence-corrected chi connectivity index (χ1v) is 5.71. The molecule has 0 aliphatic rings. The summed E-state index contributed by atoms with van der Waals surface area (Å²) in [6, 6.07) is 6.30. The molecule has 0 aromatic heterocycles. The quantitative estimate of drug-likeness (QED) is 0.502. The molecule has 82 valence electrons. The Bertz CT molecular complexity index is 368. The van der Waals surface area contributed by atoms with Gasteiger partial charge in [0, 0.05) is 4.47 Å². The van der Waals surface area contributed by atoms with Crippen molar-refractivity contribution in [1.29, 1.82) is 0 Å². The fourth-order valence-electron chi connectivity index (χ4n) is 1.51. The van der Waals surface area contributed by atoms with Gasteiger partial charge in [-0.15, -0.1) is 0 Å². The van der Waals surface area contributed by atoms with Crippen LogP contribution in [0, 0.1) is 6.92 Å². The van der Waals surface area contributed by atoms with Gasteiger partial charge in [0.1, 0.15) is 0 Å². The summed E-state index contributed by atoms with van der Waals surface area (Å²) in [5.74, 6) is 5.56. The molecule has 0 saturated heterocycles. The highest BCUT2D eigenvalue weighted by atomic mass is 79.9. The Balaban J connectivity index is 3.11. The first-order valence-electron chi connectivity index (χ1n) is 4.92. The number of hydrogen-bond donors (Lipinski definition) is 2. The number of hydrazine groups is 1. The van der Waals surface area contributed by atoms with E-state index in [1.807, 2.05) is 6.07 Å². The molecule has 1 unspecified atom stereocenters. The molecule has 0 aliphatic heterocycles. The second-order valence-corrected chi connectivity index (χ2v) is 4.80.